The van der Waals surface area contributed by atoms with Crippen LogP contribution in [-0.2, 0) is 9.59 Å². The topological polar surface area (TPSA) is 52.7 Å². The first-order valence-corrected chi connectivity index (χ1v) is 7.52. The Bertz CT molecular complexity index is 367. The molecule has 2 amide bonds. The van der Waals surface area contributed by atoms with E-state index in [0.29, 0.717) is 24.9 Å². The largest absolute Gasteiger partial charge is 0.336 e. The summed E-state index contributed by atoms with van der Waals surface area (Å²) in [7, 11) is 0. The third kappa shape index (κ3) is 3.64. The molecular weight excluding hydrogens is 278 g/mol. The number of nitrogens with one attached hydrogen (secondary N) is 1. The molecule has 3 rings (SSSR count). The van der Waals surface area contributed by atoms with Crippen molar-refractivity contribution < 1.29 is 9.59 Å². The quantitative estimate of drug-likeness (QED) is 0.829. The van der Waals surface area contributed by atoms with Crippen LogP contribution in [0.2, 0.25) is 0 Å². The van der Waals surface area contributed by atoms with E-state index in [-0.39, 0.29) is 24.2 Å². The maximum atomic E-state index is 12.1. The summed E-state index contributed by atoms with van der Waals surface area (Å²) in [6.45, 7) is 3.89. The first-order valence-electron chi connectivity index (χ1n) is 7.52. The van der Waals surface area contributed by atoms with Crippen molar-refractivity contribution in [3.8, 4) is 0 Å². The fourth-order valence-electron chi connectivity index (χ4n) is 3.12. The van der Waals surface area contributed by atoms with E-state index in [2.05, 4.69) is 5.32 Å². The second kappa shape index (κ2) is 6.76. The molecule has 2 heterocycles. The summed E-state index contributed by atoms with van der Waals surface area (Å²) >= 11 is 0. The number of hydrogen-bond donors (Lipinski definition) is 1. The predicted octanol–water partition coefficient (Wildman–Crippen LogP) is 0.631. The highest BCUT2D eigenvalue weighted by molar-refractivity contribution is 5.86. The molecule has 0 aromatic rings. The average molecular weight is 302 g/mol. The Morgan fingerprint density at radius 2 is 2.05 bits per heavy atom. The van der Waals surface area contributed by atoms with Gasteiger partial charge < -0.3 is 15.1 Å². The molecular formula is C14H24ClN3O2. The number of carbonyl (C=O) groups is 2. The molecule has 3 aliphatic rings. The molecule has 2 aliphatic heterocycles. The van der Waals surface area contributed by atoms with E-state index in [1.807, 2.05) is 4.90 Å². The van der Waals surface area contributed by atoms with Gasteiger partial charge in [0.1, 0.15) is 0 Å². The van der Waals surface area contributed by atoms with Gasteiger partial charge in [-0.2, -0.15) is 0 Å². The summed E-state index contributed by atoms with van der Waals surface area (Å²) in [6, 6.07) is 0.481. The molecule has 0 radical (unpaired) electrons. The van der Waals surface area contributed by atoms with Crippen LogP contribution in [0.5, 0.6) is 0 Å². The van der Waals surface area contributed by atoms with Crippen LogP contribution in [0, 0.1) is 5.92 Å². The Kier molecular flexibility index (Phi) is 5.27. The molecule has 0 aromatic heterocycles. The highest BCUT2D eigenvalue weighted by Gasteiger charge is 2.36. The van der Waals surface area contributed by atoms with Crippen molar-refractivity contribution in [1.82, 2.24) is 15.1 Å². The van der Waals surface area contributed by atoms with Crippen LogP contribution in [0.15, 0.2) is 0 Å². The minimum Gasteiger partial charge on any atom is -0.336 e. The van der Waals surface area contributed by atoms with Gasteiger partial charge in [-0.1, -0.05) is 0 Å². The highest BCUT2D eigenvalue weighted by atomic mass is 35.5. The Hall–Kier alpha value is -0.810. The second-order valence-electron chi connectivity index (χ2n) is 6.03. The molecule has 1 atom stereocenters. The lowest BCUT2D eigenvalue weighted by Crippen LogP contribution is -2.52. The zero-order valence-corrected chi connectivity index (χ0v) is 12.7. The Labute approximate surface area is 126 Å². The van der Waals surface area contributed by atoms with Gasteiger partial charge in [0.15, 0.2) is 0 Å². The highest BCUT2D eigenvalue weighted by Crippen LogP contribution is 2.28. The van der Waals surface area contributed by atoms with E-state index in [0.717, 1.165) is 45.4 Å². The van der Waals surface area contributed by atoms with Gasteiger partial charge in [-0.15, -0.1) is 12.4 Å². The summed E-state index contributed by atoms with van der Waals surface area (Å²) < 4.78 is 0. The molecule has 20 heavy (non-hydrogen) atoms. The van der Waals surface area contributed by atoms with Crippen molar-refractivity contribution in [1.29, 1.82) is 0 Å². The number of rotatable bonds is 4. The van der Waals surface area contributed by atoms with E-state index in [9.17, 15) is 9.59 Å². The number of piperazine rings is 1. The standard InChI is InChI=1S/C14H23N3O2.ClH/c18-13(4-1-11-5-6-15-9-11)16-7-8-17(12-2-3-12)14(19)10-16;/h11-12,15H,1-10H2;1H. The lowest BCUT2D eigenvalue weighted by molar-refractivity contribution is -0.145. The van der Waals surface area contributed by atoms with Crippen LogP contribution >= 0.6 is 12.4 Å². The van der Waals surface area contributed by atoms with Gasteiger partial charge >= 0.3 is 0 Å². The third-order valence-corrected chi connectivity index (χ3v) is 4.53. The Balaban J connectivity index is 0.00000147. The Morgan fingerprint density at radius 3 is 2.65 bits per heavy atom. The molecule has 114 valence electrons. The van der Waals surface area contributed by atoms with E-state index in [4.69, 9.17) is 0 Å². The second-order valence-corrected chi connectivity index (χ2v) is 6.03. The van der Waals surface area contributed by atoms with Gasteiger partial charge in [-0.3, -0.25) is 9.59 Å². The molecule has 2 saturated heterocycles. The fourth-order valence-corrected chi connectivity index (χ4v) is 3.12. The molecule has 1 unspecified atom stereocenters. The minimum absolute atomic E-state index is 0. The first-order chi connectivity index (χ1) is 9.24. The lowest BCUT2D eigenvalue weighted by atomic mass is 10.0. The van der Waals surface area contributed by atoms with Crippen molar-refractivity contribution in [2.75, 3.05) is 32.7 Å². The number of carbonyl (C=O) groups excluding carboxylic acids is 2. The monoisotopic (exact) mass is 301 g/mol. The van der Waals surface area contributed by atoms with Crippen LogP contribution in [0.4, 0.5) is 0 Å². The molecule has 0 bridgehead atoms. The van der Waals surface area contributed by atoms with Gasteiger partial charge in [-0.25, -0.2) is 0 Å². The molecule has 5 nitrogen and oxygen atoms in total. The molecule has 1 aliphatic carbocycles. The van der Waals surface area contributed by atoms with Crippen LogP contribution < -0.4 is 5.32 Å². The molecule has 1 saturated carbocycles. The SMILES string of the molecule is Cl.O=C(CCC1CCNC1)N1CCN(C2CC2)C(=O)C1. The van der Waals surface area contributed by atoms with E-state index in [1.165, 1.54) is 6.42 Å². The zero-order valence-electron chi connectivity index (χ0n) is 11.8. The van der Waals surface area contributed by atoms with Crippen LogP contribution in [0.3, 0.4) is 0 Å². The maximum Gasteiger partial charge on any atom is 0.242 e. The first kappa shape index (κ1) is 15.6. The van der Waals surface area contributed by atoms with Crippen molar-refractivity contribution in [3.63, 3.8) is 0 Å². The number of amides is 2. The number of nitrogens with zero attached hydrogens (tertiary/aromatic N) is 2. The third-order valence-electron chi connectivity index (χ3n) is 4.53. The lowest BCUT2D eigenvalue weighted by Gasteiger charge is -2.34. The molecule has 0 spiro atoms. The number of halogens is 1. The van der Waals surface area contributed by atoms with E-state index in [1.54, 1.807) is 4.90 Å². The molecule has 3 fully saturated rings. The average Bonchev–Trinajstić information content (AvgIpc) is 3.12. The summed E-state index contributed by atoms with van der Waals surface area (Å²) in [5, 5.41) is 3.32. The summed E-state index contributed by atoms with van der Waals surface area (Å²) in [5.41, 5.74) is 0. The predicted molar refractivity (Wildman–Crippen MR) is 78.8 cm³/mol. The maximum absolute atomic E-state index is 12.1. The fraction of sp³-hybridized carbons (Fsp3) is 0.857. The minimum atomic E-state index is 0. The zero-order chi connectivity index (χ0) is 13.2. The van der Waals surface area contributed by atoms with Crippen LogP contribution in [-0.4, -0.2) is 60.4 Å². The van der Waals surface area contributed by atoms with Crippen molar-refractivity contribution >= 4 is 24.2 Å². The van der Waals surface area contributed by atoms with Crippen molar-refractivity contribution in [2.45, 2.75) is 38.1 Å². The summed E-state index contributed by atoms with van der Waals surface area (Å²) in [4.78, 5) is 27.8. The molecule has 1 N–H and O–H groups in total. The van der Waals surface area contributed by atoms with Gasteiger partial charge in [0.25, 0.3) is 0 Å². The van der Waals surface area contributed by atoms with Gasteiger partial charge in [-0.05, 0) is 44.7 Å². The van der Waals surface area contributed by atoms with Crippen LogP contribution in [0.25, 0.3) is 0 Å². The van der Waals surface area contributed by atoms with Gasteiger partial charge in [0.2, 0.25) is 11.8 Å². The van der Waals surface area contributed by atoms with Gasteiger partial charge in [0.05, 0.1) is 6.54 Å². The van der Waals surface area contributed by atoms with Crippen LogP contribution in [0.1, 0.15) is 32.1 Å². The summed E-state index contributed by atoms with van der Waals surface area (Å²) in [6.07, 6.45) is 5.04. The van der Waals surface area contributed by atoms with E-state index < -0.39 is 0 Å². The molecule has 6 heteroatoms. The van der Waals surface area contributed by atoms with Crippen molar-refractivity contribution in [2.24, 2.45) is 5.92 Å². The smallest absolute Gasteiger partial charge is 0.242 e. The van der Waals surface area contributed by atoms with E-state index >= 15 is 0 Å². The van der Waals surface area contributed by atoms with Crippen molar-refractivity contribution in [3.05, 3.63) is 0 Å². The van der Waals surface area contributed by atoms with Gasteiger partial charge in [0, 0.05) is 25.6 Å². The summed E-state index contributed by atoms with van der Waals surface area (Å²) in [5.74, 6) is 0.952. The normalized spacial score (nSPS) is 26.6. The Morgan fingerprint density at radius 1 is 1.25 bits per heavy atom. The number of hydrogen-bond acceptors (Lipinski definition) is 3. The molecule has 0 aromatic carbocycles.